The Kier molecular flexibility index (Phi) is 5.35. The van der Waals surface area contributed by atoms with E-state index in [1.165, 1.54) is 7.11 Å². The fourth-order valence-electron chi connectivity index (χ4n) is 0.340. The van der Waals surface area contributed by atoms with E-state index < -0.39 is 11.3 Å². The minimum Gasteiger partial charge on any atom is -0.462 e. The van der Waals surface area contributed by atoms with E-state index in [2.05, 4.69) is 9.47 Å². The Balaban J connectivity index is 3.22. The van der Waals surface area contributed by atoms with E-state index in [-0.39, 0.29) is 6.61 Å². The van der Waals surface area contributed by atoms with Gasteiger partial charge in [0.25, 0.3) is 0 Å². The molecule has 0 amide bonds. The van der Waals surface area contributed by atoms with E-state index in [9.17, 15) is 4.79 Å². The van der Waals surface area contributed by atoms with Crippen LogP contribution < -0.4 is 0 Å². The summed E-state index contributed by atoms with van der Waals surface area (Å²) in [5.74, 6) is -0.404. The summed E-state index contributed by atoms with van der Waals surface area (Å²) < 4.78 is 9.30. The molecule has 0 heterocycles. The smallest absolute Gasteiger partial charge is 0.323 e. The zero-order chi connectivity index (χ0) is 7.98. The Hall–Kier alpha value is -0.280. The van der Waals surface area contributed by atoms with Crippen LogP contribution in [0.3, 0.4) is 0 Å². The average molecular weight is 167 g/mol. The van der Waals surface area contributed by atoms with Crippen LogP contribution in [0.15, 0.2) is 0 Å². The van der Waals surface area contributed by atoms with Crippen molar-refractivity contribution in [2.75, 3.05) is 20.3 Å². The molecule has 1 atom stereocenters. The van der Waals surface area contributed by atoms with Crippen molar-refractivity contribution in [2.45, 2.75) is 12.3 Å². The van der Waals surface area contributed by atoms with Gasteiger partial charge in [-0.05, 0) is 6.92 Å². The molecule has 0 aromatic heterocycles. The summed E-state index contributed by atoms with van der Waals surface area (Å²) in [6.07, 6.45) is 0. The van der Waals surface area contributed by atoms with Gasteiger partial charge in [-0.25, -0.2) is 0 Å². The topological polar surface area (TPSA) is 35.5 Å². The highest BCUT2D eigenvalue weighted by molar-refractivity contribution is 6.29. The summed E-state index contributed by atoms with van der Waals surface area (Å²) >= 11 is 5.39. The molecule has 3 nitrogen and oxygen atoms in total. The molecule has 0 rings (SSSR count). The van der Waals surface area contributed by atoms with Crippen molar-refractivity contribution in [3.8, 4) is 0 Å². The zero-order valence-corrected chi connectivity index (χ0v) is 6.85. The van der Waals surface area contributed by atoms with E-state index in [1.54, 1.807) is 6.92 Å². The van der Waals surface area contributed by atoms with Crippen molar-refractivity contribution in [1.82, 2.24) is 0 Å². The summed E-state index contributed by atoms with van der Waals surface area (Å²) in [7, 11) is 1.54. The van der Waals surface area contributed by atoms with Crippen molar-refractivity contribution in [3.05, 3.63) is 0 Å². The molecular weight excluding hydrogens is 156 g/mol. The molecule has 0 aliphatic rings. The second-order valence-electron chi connectivity index (χ2n) is 1.78. The highest BCUT2D eigenvalue weighted by Crippen LogP contribution is 1.95. The maximum absolute atomic E-state index is 10.6. The molecule has 0 bridgehead atoms. The number of rotatable bonds is 4. The third-order valence-electron chi connectivity index (χ3n) is 0.857. The van der Waals surface area contributed by atoms with Crippen molar-refractivity contribution >= 4 is 17.6 Å². The number of halogens is 1. The van der Waals surface area contributed by atoms with E-state index in [0.717, 1.165) is 0 Å². The first-order valence-corrected chi connectivity index (χ1v) is 3.41. The normalized spacial score (nSPS) is 12.7. The van der Waals surface area contributed by atoms with Crippen molar-refractivity contribution in [2.24, 2.45) is 0 Å². The number of hydrogen-bond donors (Lipinski definition) is 0. The van der Waals surface area contributed by atoms with Crippen LogP contribution in [0.2, 0.25) is 0 Å². The standard InChI is InChI=1S/C6H11ClO3/c1-5(7)6(8)10-4-3-9-2/h5H,3-4H2,1-2H3/t5-/m0/s1. The van der Waals surface area contributed by atoms with Crippen molar-refractivity contribution in [3.63, 3.8) is 0 Å². The molecule has 0 fully saturated rings. The number of carbonyl (C=O) groups excluding carboxylic acids is 1. The Bertz CT molecular complexity index is 103. The Labute approximate surface area is 65.3 Å². The van der Waals surface area contributed by atoms with Gasteiger partial charge in [0.2, 0.25) is 0 Å². The molecule has 0 saturated heterocycles. The molecule has 0 aromatic carbocycles. The minimum absolute atomic E-state index is 0.270. The molecule has 4 heteroatoms. The SMILES string of the molecule is COCCOC(=O)[C@H](C)Cl. The summed E-state index contributed by atoms with van der Waals surface area (Å²) in [5, 5.41) is -0.572. The molecule has 0 aliphatic carbocycles. The molecule has 60 valence electrons. The largest absolute Gasteiger partial charge is 0.462 e. The Morgan fingerprint density at radius 2 is 2.20 bits per heavy atom. The second-order valence-corrected chi connectivity index (χ2v) is 2.43. The Morgan fingerprint density at radius 3 is 2.60 bits per heavy atom. The predicted octanol–water partition coefficient (Wildman–Crippen LogP) is 0.803. The van der Waals surface area contributed by atoms with Crippen LogP contribution in [0.4, 0.5) is 0 Å². The van der Waals surface area contributed by atoms with E-state index in [4.69, 9.17) is 11.6 Å². The van der Waals surface area contributed by atoms with Gasteiger partial charge in [-0.15, -0.1) is 11.6 Å². The van der Waals surface area contributed by atoms with Crippen LogP contribution in [0, 0.1) is 0 Å². The molecule has 0 radical (unpaired) electrons. The Morgan fingerprint density at radius 1 is 1.60 bits per heavy atom. The molecule has 0 aromatic rings. The molecule has 10 heavy (non-hydrogen) atoms. The van der Waals surface area contributed by atoms with Gasteiger partial charge in [0.15, 0.2) is 0 Å². The van der Waals surface area contributed by atoms with E-state index in [0.29, 0.717) is 6.61 Å². The number of ether oxygens (including phenoxy) is 2. The van der Waals surface area contributed by atoms with Crippen LogP contribution in [-0.2, 0) is 14.3 Å². The van der Waals surface area contributed by atoms with Gasteiger partial charge in [-0.1, -0.05) is 0 Å². The lowest BCUT2D eigenvalue weighted by atomic mass is 10.5. The zero-order valence-electron chi connectivity index (χ0n) is 6.09. The van der Waals surface area contributed by atoms with Crippen molar-refractivity contribution < 1.29 is 14.3 Å². The average Bonchev–Trinajstić information content (AvgIpc) is 1.88. The van der Waals surface area contributed by atoms with E-state index >= 15 is 0 Å². The van der Waals surface area contributed by atoms with Gasteiger partial charge in [0, 0.05) is 7.11 Å². The van der Waals surface area contributed by atoms with Crippen LogP contribution >= 0.6 is 11.6 Å². The molecule has 0 spiro atoms. The minimum atomic E-state index is -0.572. The lowest BCUT2D eigenvalue weighted by Gasteiger charge is -2.03. The lowest BCUT2D eigenvalue weighted by molar-refractivity contribution is -0.144. The number of carbonyl (C=O) groups is 1. The third kappa shape index (κ3) is 4.58. The summed E-state index contributed by atoms with van der Waals surface area (Å²) in [4.78, 5) is 10.6. The fraction of sp³-hybridized carbons (Fsp3) is 0.833. The first-order chi connectivity index (χ1) is 4.68. The van der Waals surface area contributed by atoms with Crippen LogP contribution in [-0.4, -0.2) is 31.7 Å². The molecule has 0 saturated carbocycles. The number of hydrogen-bond acceptors (Lipinski definition) is 3. The first-order valence-electron chi connectivity index (χ1n) is 2.98. The molecule has 0 aliphatic heterocycles. The second kappa shape index (κ2) is 5.50. The van der Waals surface area contributed by atoms with Crippen molar-refractivity contribution in [1.29, 1.82) is 0 Å². The number of esters is 1. The third-order valence-corrected chi connectivity index (χ3v) is 1.03. The first kappa shape index (κ1) is 9.72. The molecule has 0 N–H and O–H groups in total. The van der Waals surface area contributed by atoms with Crippen LogP contribution in [0.1, 0.15) is 6.92 Å². The number of methoxy groups -OCH3 is 1. The summed E-state index contributed by atoms with van der Waals surface area (Å²) in [6, 6.07) is 0. The monoisotopic (exact) mass is 166 g/mol. The van der Waals surface area contributed by atoms with Crippen LogP contribution in [0.5, 0.6) is 0 Å². The highest BCUT2D eigenvalue weighted by Gasteiger charge is 2.08. The maximum atomic E-state index is 10.6. The predicted molar refractivity (Wildman–Crippen MR) is 38.2 cm³/mol. The van der Waals surface area contributed by atoms with Gasteiger partial charge >= 0.3 is 5.97 Å². The van der Waals surface area contributed by atoms with Gasteiger partial charge in [0.05, 0.1) is 6.61 Å². The van der Waals surface area contributed by atoms with Crippen LogP contribution in [0.25, 0.3) is 0 Å². The fourth-order valence-corrected chi connectivity index (χ4v) is 0.403. The van der Waals surface area contributed by atoms with E-state index in [1.807, 2.05) is 0 Å². The maximum Gasteiger partial charge on any atom is 0.323 e. The molecule has 0 unspecified atom stereocenters. The molecular formula is C6H11ClO3. The lowest BCUT2D eigenvalue weighted by Crippen LogP contribution is -2.16. The van der Waals surface area contributed by atoms with Gasteiger partial charge in [-0.2, -0.15) is 0 Å². The quantitative estimate of drug-likeness (QED) is 0.352. The highest BCUT2D eigenvalue weighted by atomic mass is 35.5. The summed E-state index contributed by atoms with van der Waals surface area (Å²) in [6.45, 7) is 2.25. The summed E-state index contributed by atoms with van der Waals surface area (Å²) in [5.41, 5.74) is 0. The van der Waals surface area contributed by atoms with Gasteiger partial charge < -0.3 is 9.47 Å². The van der Waals surface area contributed by atoms with Gasteiger partial charge in [0.1, 0.15) is 12.0 Å². The number of alkyl halides is 1. The van der Waals surface area contributed by atoms with Gasteiger partial charge in [-0.3, -0.25) is 4.79 Å².